The molecule has 0 saturated heterocycles. The van der Waals surface area contributed by atoms with Crippen molar-refractivity contribution in [3.8, 4) is 0 Å². The fourth-order valence-corrected chi connectivity index (χ4v) is 2.49. The van der Waals surface area contributed by atoms with Gasteiger partial charge in [0, 0.05) is 29.8 Å². The summed E-state index contributed by atoms with van der Waals surface area (Å²) in [7, 11) is 0. The molecule has 0 aliphatic heterocycles. The van der Waals surface area contributed by atoms with Crippen LogP contribution in [0.3, 0.4) is 0 Å². The predicted molar refractivity (Wildman–Crippen MR) is 101 cm³/mol. The Morgan fingerprint density at radius 3 is 2.00 bits per heavy atom. The minimum atomic E-state index is -0.291. The van der Waals surface area contributed by atoms with Crippen molar-refractivity contribution >= 4 is 11.8 Å². The van der Waals surface area contributed by atoms with Crippen LogP contribution in [0, 0.1) is 0 Å². The largest absolute Gasteiger partial charge is 0.347 e. The van der Waals surface area contributed by atoms with E-state index in [4.69, 9.17) is 0 Å². The smallest absolute Gasteiger partial charge is 0.254 e. The quantitative estimate of drug-likeness (QED) is 0.899. The van der Waals surface area contributed by atoms with Gasteiger partial charge in [0.05, 0.1) is 0 Å². The number of carbonyl (C=O) groups excluding carboxylic acids is 2. The topological polar surface area (TPSA) is 49.4 Å². The zero-order valence-electron chi connectivity index (χ0n) is 15.4. The number of nitrogens with zero attached hydrogens (tertiary/aromatic N) is 1. The van der Waals surface area contributed by atoms with Gasteiger partial charge < -0.3 is 10.2 Å². The molecule has 0 bridgehead atoms. The molecule has 2 aromatic rings. The lowest BCUT2D eigenvalue weighted by atomic mass is 10.1. The van der Waals surface area contributed by atoms with Gasteiger partial charge in [0.1, 0.15) is 0 Å². The highest BCUT2D eigenvalue weighted by atomic mass is 16.2. The summed E-state index contributed by atoms with van der Waals surface area (Å²) in [5.41, 5.74) is 1.95. The van der Waals surface area contributed by atoms with Crippen LogP contribution in [0.2, 0.25) is 0 Å². The molecule has 1 N–H and O–H groups in total. The predicted octanol–water partition coefficient (Wildman–Crippen LogP) is 3.88. The molecule has 2 rings (SSSR count). The fourth-order valence-electron chi connectivity index (χ4n) is 2.49. The van der Waals surface area contributed by atoms with Gasteiger partial charge in [-0.2, -0.15) is 0 Å². The first-order chi connectivity index (χ1) is 11.8. The lowest BCUT2D eigenvalue weighted by Crippen LogP contribution is -2.40. The SMILES string of the molecule is CCN(Cc1ccccc1)C(=O)c1ccc(C(=O)NC(C)(C)C)cc1. The molecule has 2 amide bonds. The van der Waals surface area contributed by atoms with Gasteiger partial charge in [0.15, 0.2) is 0 Å². The Morgan fingerprint density at radius 1 is 0.920 bits per heavy atom. The fraction of sp³-hybridized carbons (Fsp3) is 0.333. The third-order valence-corrected chi connectivity index (χ3v) is 3.77. The van der Waals surface area contributed by atoms with E-state index in [0.29, 0.717) is 24.2 Å². The van der Waals surface area contributed by atoms with E-state index in [1.165, 1.54) is 0 Å². The maximum Gasteiger partial charge on any atom is 0.254 e. The first-order valence-corrected chi connectivity index (χ1v) is 8.56. The lowest BCUT2D eigenvalue weighted by Gasteiger charge is -2.22. The lowest BCUT2D eigenvalue weighted by molar-refractivity contribution is 0.0751. The summed E-state index contributed by atoms with van der Waals surface area (Å²) in [4.78, 5) is 26.7. The molecule has 0 fully saturated rings. The normalized spacial score (nSPS) is 11.0. The molecule has 0 atom stereocenters. The van der Waals surface area contributed by atoms with Crippen molar-refractivity contribution in [2.24, 2.45) is 0 Å². The van der Waals surface area contributed by atoms with Gasteiger partial charge in [0.25, 0.3) is 11.8 Å². The van der Waals surface area contributed by atoms with Crippen molar-refractivity contribution in [2.75, 3.05) is 6.54 Å². The van der Waals surface area contributed by atoms with E-state index in [2.05, 4.69) is 5.32 Å². The number of rotatable bonds is 5. The molecule has 4 heteroatoms. The van der Waals surface area contributed by atoms with E-state index in [-0.39, 0.29) is 17.4 Å². The van der Waals surface area contributed by atoms with Crippen LogP contribution in [0.5, 0.6) is 0 Å². The summed E-state index contributed by atoms with van der Waals surface area (Å²) in [6.45, 7) is 8.97. The summed E-state index contributed by atoms with van der Waals surface area (Å²) in [5, 5.41) is 2.92. The maximum atomic E-state index is 12.7. The summed E-state index contributed by atoms with van der Waals surface area (Å²) in [6.07, 6.45) is 0. The highest BCUT2D eigenvalue weighted by Crippen LogP contribution is 2.12. The van der Waals surface area contributed by atoms with E-state index >= 15 is 0 Å². The third kappa shape index (κ3) is 5.45. The molecule has 25 heavy (non-hydrogen) atoms. The van der Waals surface area contributed by atoms with Crippen molar-refractivity contribution in [1.29, 1.82) is 0 Å². The number of benzene rings is 2. The average molecular weight is 338 g/mol. The molecular formula is C21H26N2O2. The van der Waals surface area contributed by atoms with E-state index < -0.39 is 0 Å². The molecule has 0 saturated carbocycles. The molecule has 0 spiro atoms. The number of carbonyl (C=O) groups is 2. The van der Waals surface area contributed by atoms with Crippen molar-refractivity contribution in [1.82, 2.24) is 10.2 Å². The van der Waals surface area contributed by atoms with E-state index in [9.17, 15) is 9.59 Å². The standard InChI is InChI=1S/C21H26N2O2/c1-5-23(15-16-9-7-6-8-10-16)20(25)18-13-11-17(12-14-18)19(24)22-21(2,3)4/h6-14H,5,15H2,1-4H3,(H,22,24). The first kappa shape index (κ1) is 18.7. The average Bonchev–Trinajstić information content (AvgIpc) is 2.58. The van der Waals surface area contributed by atoms with Crippen molar-refractivity contribution in [3.63, 3.8) is 0 Å². The highest BCUT2D eigenvalue weighted by molar-refractivity contribution is 5.98. The highest BCUT2D eigenvalue weighted by Gasteiger charge is 2.17. The minimum Gasteiger partial charge on any atom is -0.347 e. The summed E-state index contributed by atoms with van der Waals surface area (Å²) in [6, 6.07) is 16.7. The number of hydrogen-bond acceptors (Lipinski definition) is 2. The van der Waals surface area contributed by atoms with Crippen LogP contribution >= 0.6 is 0 Å². The third-order valence-electron chi connectivity index (χ3n) is 3.77. The Bertz CT molecular complexity index is 716. The molecule has 132 valence electrons. The Balaban J connectivity index is 2.09. The van der Waals surface area contributed by atoms with Gasteiger partial charge in [-0.25, -0.2) is 0 Å². The number of amides is 2. The monoisotopic (exact) mass is 338 g/mol. The van der Waals surface area contributed by atoms with Crippen LogP contribution in [0.4, 0.5) is 0 Å². The molecule has 0 aliphatic carbocycles. The molecule has 0 aromatic heterocycles. The maximum absolute atomic E-state index is 12.7. The Kier molecular flexibility index (Phi) is 5.97. The van der Waals surface area contributed by atoms with Crippen LogP contribution in [0.1, 0.15) is 54.0 Å². The number of nitrogens with one attached hydrogen (secondary N) is 1. The van der Waals surface area contributed by atoms with Gasteiger partial charge in [-0.1, -0.05) is 30.3 Å². The van der Waals surface area contributed by atoms with Crippen molar-refractivity contribution in [2.45, 2.75) is 39.8 Å². The Labute approximate surface area is 149 Å². The number of hydrogen-bond donors (Lipinski definition) is 1. The molecule has 0 heterocycles. The van der Waals surface area contributed by atoms with Gasteiger partial charge in [-0.05, 0) is 57.5 Å². The molecule has 4 nitrogen and oxygen atoms in total. The van der Waals surface area contributed by atoms with Gasteiger partial charge >= 0.3 is 0 Å². The Morgan fingerprint density at radius 2 is 1.48 bits per heavy atom. The second kappa shape index (κ2) is 7.97. The van der Waals surface area contributed by atoms with Gasteiger partial charge in [-0.15, -0.1) is 0 Å². The van der Waals surface area contributed by atoms with Gasteiger partial charge in [-0.3, -0.25) is 9.59 Å². The molecule has 0 radical (unpaired) electrons. The van der Waals surface area contributed by atoms with E-state index in [1.807, 2.05) is 58.0 Å². The van der Waals surface area contributed by atoms with E-state index in [1.54, 1.807) is 29.2 Å². The second-order valence-corrected chi connectivity index (χ2v) is 7.09. The Hall–Kier alpha value is -2.62. The first-order valence-electron chi connectivity index (χ1n) is 8.56. The van der Waals surface area contributed by atoms with Crippen LogP contribution in [0.15, 0.2) is 54.6 Å². The van der Waals surface area contributed by atoms with Crippen molar-refractivity contribution < 1.29 is 9.59 Å². The van der Waals surface area contributed by atoms with Crippen molar-refractivity contribution in [3.05, 3.63) is 71.3 Å². The zero-order chi connectivity index (χ0) is 18.4. The molecular weight excluding hydrogens is 312 g/mol. The second-order valence-electron chi connectivity index (χ2n) is 7.09. The summed E-state index contributed by atoms with van der Waals surface area (Å²) in [5.74, 6) is -0.169. The summed E-state index contributed by atoms with van der Waals surface area (Å²) < 4.78 is 0. The van der Waals surface area contributed by atoms with Gasteiger partial charge in [0.2, 0.25) is 0 Å². The van der Waals surface area contributed by atoms with E-state index in [0.717, 1.165) is 5.56 Å². The van der Waals surface area contributed by atoms with Crippen LogP contribution in [0.25, 0.3) is 0 Å². The molecule has 0 unspecified atom stereocenters. The molecule has 2 aromatic carbocycles. The van der Waals surface area contributed by atoms with Crippen LogP contribution in [-0.4, -0.2) is 28.8 Å². The minimum absolute atomic E-state index is 0.0332. The molecule has 0 aliphatic rings. The van der Waals surface area contributed by atoms with Crippen LogP contribution < -0.4 is 5.32 Å². The van der Waals surface area contributed by atoms with Crippen LogP contribution in [-0.2, 0) is 6.54 Å². The zero-order valence-corrected chi connectivity index (χ0v) is 15.4. The summed E-state index contributed by atoms with van der Waals surface area (Å²) >= 11 is 0.